The summed E-state index contributed by atoms with van der Waals surface area (Å²) in [5.74, 6) is -1.69. The van der Waals surface area contributed by atoms with E-state index >= 15 is 0 Å². The summed E-state index contributed by atoms with van der Waals surface area (Å²) in [4.78, 5) is 37.6. The lowest BCUT2D eigenvalue weighted by Crippen LogP contribution is -2.28. The molecule has 4 rings (SSSR count). The van der Waals surface area contributed by atoms with Crippen LogP contribution in [-0.2, 0) is 6.54 Å². The fourth-order valence-corrected chi connectivity index (χ4v) is 3.64. The van der Waals surface area contributed by atoms with Crippen LogP contribution in [0.3, 0.4) is 0 Å². The molecule has 0 saturated carbocycles. The second kappa shape index (κ2) is 8.77. The van der Waals surface area contributed by atoms with Crippen molar-refractivity contribution in [3.8, 4) is 0 Å². The number of allylic oxidation sites excluding steroid dienone is 2. The predicted molar refractivity (Wildman–Crippen MR) is 120 cm³/mol. The van der Waals surface area contributed by atoms with Gasteiger partial charge in [-0.2, -0.15) is 0 Å². The number of hydrogen-bond acceptors (Lipinski definition) is 4. The number of carbonyl (C=O) groups is 3. The molecule has 0 bridgehead atoms. The lowest BCUT2D eigenvalue weighted by atomic mass is 9.92. The molecule has 0 aromatic heterocycles. The molecule has 0 unspecified atom stereocenters. The largest absolute Gasteiger partial charge is 0.376 e. The number of ketones is 2. The Morgan fingerprint density at radius 2 is 1.59 bits per heavy atom. The smallest absolute Gasteiger partial charge is 0.255 e. The summed E-state index contributed by atoms with van der Waals surface area (Å²) in [7, 11) is 0. The summed E-state index contributed by atoms with van der Waals surface area (Å²) in [6, 6.07) is 17.7. The third kappa shape index (κ3) is 4.18. The molecule has 3 aromatic rings. The third-order valence-corrected chi connectivity index (χ3v) is 5.48. The van der Waals surface area contributed by atoms with E-state index in [9.17, 15) is 18.8 Å². The zero-order valence-corrected chi connectivity index (χ0v) is 17.8. The average Bonchev–Trinajstić information content (AvgIpc) is 2.79. The number of Topliss-reactive ketones (excluding diaryl/α,β-unsaturated/α-hetero) is 2. The second-order valence-electron chi connectivity index (χ2n) is 7.38. The lowest BCUT2D eigenvalue weighted by Gasteiger charge is -2.19. The van der Waals surface area contributed by atoms with Crippen molar-refractivity contribution in [1.82, 2.24) is 5.32 Å². The maximum Gasteiger partial charge on any atom is 0.255 e. The van der Waals surface area contributed by atoms with Crippen LogP contribution in [0.2, 0.25) is 0 Å². The first kappa shape index (κ1) is 21.5. The first-order valence-corrected chi connectivity index (χ1v) is 10.2. The molecule has 0 atom stereocenters. The number of rotatable bonds is 5. The van der Waals surface area contributed by atoms with Crippen molar-refractivity contribution in [2.45, 2.75) is 13.5 Å². The van der Waals surface area contributed by atoms with Crippen LogP contribution in [0.5, 0.6) is 0 Å². The van der Waals surface area contributed by atoms with Crippen LogP contribution in [0.25, 0.3) is 0 Å². The quantitative estimate of drug-likeness (QED) is 0.575. The summed E-state index contributed by atoms with van der Waals surface area (Å²) in [5.41, 5.74) is 2.62. The molecule has 0 spiro atoms. The first-order valence-electron chi connectivity index (χ1n) is 9.83. The molecule has 0 radical (unpaired) electrons. The number of halogens is 2. The molecule has 0 fully saturated rings. The Bertz CT molecular complexity index is 1280. The molecule has 1 amide bonds. The van der Waals surface area contributed by atoms with Gasteiger partial charge in [-0.15, -0.1) is 0 Å². The number of amides is 1. The van der Waals surface area contributed by atoms with E-state index in [2.05, 4.69) is 10.6 Å². The van der Waals surface area contributed by atoms with Crippen LogP contribution in [0, 0.1) is 12.7 Å². The van der Waals surface area contributed by atoms with Crippen LogP contribution >= 0.6 is 11.6 Å². The average molecular weight is 449 g/mol. The SMILES string of the molecule is Cc1ccc(NC(=O)c2ccc(CNC3=C(Cl)C(=O)c4ccccc4C3=O)cc2)c(F)c1. The van der Waals surface area contributed by atoms with Gasteiger partial charge in [0.2, 0.25) is 11.6 Å². The van der Waals surface area contributed by atoms with E-state index in [1.807, 2.05) is 0 Å². The molecule has 0 heterocycles. The number of aryl methyl sites for hydroxylation is 1. The molecule has 160 valence electrons. The Morgan fingerprint density at radius 1 is 0.938 bits per heavy atom. The molecule has 3 aromatic carbocycles. The summed E-state index contributed by atoms with van der Waals surface area (Å²) in [5, 5.41) is 5.33. The maximum atomic E-state index is 14.0. The van der Waals surface area contributed by atoms with Crippen molar-refractivity contribution in [1.29, 1.82) is 0 Å². The summed E-state index contributed by atoms with van der Waals surface area (Å²) < 4.78 is 14.0. The number of fused-ring (bicyclic) bond motifs is 1. The van der Waals surface area contributed by atoms with Gasteiger partial charge >= 0.3 is 0 Å². The highest BCUT2D eigenvalue weighted by atomic mass is 35.5. The van der Waals surface area contributed by atoms with Crippen molar-refractivity contribution < 1.29 is 18.8 Å². The maximum absolute atomic E-state index is 14.0. The van der Waals surface area contributed by atoms with E-state index in [4.69, 9.17) is 11.6 Å². The minimum Gasteiger partial charge on any atom is -0.376 e. The highest BCUT2D eigenvalue weighted by Crippen LogP contribution is 2.27. The molecule has 1 aliphatic carbocycles. The minimum atomic E-state index is -0.502. The van der Waals surface area contributed by atoms with Gasteiger partial charge in [-0.05, 0) is 42.3 Å². The number of benzene rings is 3. The van der Waals surface area contributed by atoms with Crippen molar-refractivity contribution in [2.24, 2.45) is 0 Å². The van der Waals surface area contributed by atoms with Gasteiger partial charge in [0.25, 0.3) is 5.91 Å². The fourth-order valence-electron chi connectivity index (χ4n) is 3.38. The fraction of sp³-hybridized carbons (Fsp3) is 0.0800. The van der Waals surface area contributed by atoms with Crippen molar-refractivity contribution >= 4 is 34.8 Å². The van der Waals surface area contributed by atoms with Gasteiger partial charge in [-0.25, -0.2) is 4.39 Å². The molecule has 7 heteroatoms. The van der Waals surface area contributed by atoms with Crippen LogP contribution in [0.4, 0.5) is 10.1 Å². The zero-order valence-electron chi connectivity index (χ0n) is 17.0. The van der Waals surface area contributed by atoms with Gasteiger partial charge in [-0.1, -0.05) is 54.1 Å². The molecule has 0 saturated heterocycles. The Morgan fingerprint density at radius 3 is 2.25 bits per heavy atom. The van der Waals surface area contributed by atoms with E-state index in [1.54, 1.807) is 61.5 Å². The lowest BCUT2D eigenvalue weighted by molar-refractivity contribution is 0.0974. The van der Waals surface area contributed by atoms with E-state index < -0.39 is 17.5 Å². The highest BCUT2D eigenvalue weighted by Gasteiger charge is 2.30. The Kier molecular flexibility index (Phi) is 5.88. The molecular weight excluding hydrogens is 431 g/mol. The number of nitrogens with one attached hydrogen (secondary N) is 2. The van der Waals surface area contributed by atoms with Crippen LogP contribution in [-0.4, -0.2) is 17.5 Å². The molecule has 32 heavy (non-hydrogen) atoms. The zero-order chi connectivity index (χ0) is 22.8. The van der Waals surface area contributed by atoms with Gasteiger partial charge < -0.3 is 10.6 Å². The monoisotopic (exact) mass is 448 g/mol. The van der Waals surface area contributed by atoms with E-state index in [0.717, 1.165) is 11.1 Å². The Labute approximate surface area is 188 Å². The van der Waals surface area contributed by atoms with E-state index in [-0.39, 0.29) is 34.3 Å². The van der Waals surface area contributed by atoms with Gasteiger partial charge in [-0.3, -0.25) is 14.4 Å². The van der Waals surface area contributed by atoms with Crippen molar-refractivity contribution in [3.05, 3.63) is 111 Å². The molecule has 1 aliphatic rings. The van der Waals surface area contributed by atoms with Crippen LogP contribution < -0.4 is 10.6 Å². The Balaban J connectivity index is 1.44. The molecule has 2 N–H and O–H groups in total. The van der Waals surface area contributed by atoms with E-state index in [1.165, 1.54) is 12.1 Å². The number of hydrogen-bond donors (Lipinski definition) is 2. The van der Waals surface area contributed by atoms with Crippen LogP contribution in [0.15, 0.2) is 77.5 Å². The number of anilines is 1. The normalized spacial score (nSPS) is 13.1. The predicted octanol–water partition coefficient (Wildman–Crippen LogP) is 5.01. The highest BCUT2D eigenvalue weighted by molar-refractivity contribution is 6.49. The van der Waals surface area contributed by atoms with Crippen molar-refractivity contribution in [2.75, 3.05) is 5.32 Å². The second-order valence-corrected chi connectivity index (χ2v) is 7.76. The summed E-state index contributed by atoms with van der Waals surface area (Å²) in [6.07, 6.45) is 0. The molecule has 5 nitrogen and oxygen atoms in total. The summed E-state index contributed by atoms with van der Waals surface area (Å²) in [6.45, 7) is 1.99. The third-order valence-electron chi connectivity index (χ3n) is 5.12. The number of carbonyl (C=O) groups excluding carboxylic acids is 3. The van der Waals surface area contributed by atoms with Gasteiger partial charge in [0, 0.05) is 23.2 Å². The minimum absolute atomic E-state index is 0.0482. The summed E-state index contributed by atoms with van der Waals surface area (Å²) >= 11 is 6.15. The topological polar surface area (TPSA) is 75.3 Å². The van der Waals surface area contributed by atoms with Crippen molar-refractivity contribution in [3.63, 3.8) is 0 Å². The molecular formula is C25H18ClFN2O3. The van der Waals surface area contributed by atoms with Crippen LogP contribution in [0.1, 0.15) is 42.2 Å². The van der Waals surface area contributed by atoms with Gasteiger partial charge in [0.15, 0.2) is 0 Å². The molecule has 0 aliphatic heterocycles. The first-order chi connectivity index (χ1) is 15.3. The Hall–Kier alpha value is -3.77. The standard InChI is InChI=1S/C25H18ClFN2O3/c1-14-6-11-20(19(27)12-14)29-25(32)16-9-7-15(8-10-16)13-28-22-21(26)23(30)17-4-2-3-5-18(17)24(22)31/h2-12,28H,13H2,1H3,(H,29,32). The van der Waals surface area contributed by atoms with Gasteiger partial charge in [0.1, 0.15) is 16.5 Å². The van der Waals surface area contributed by atoms with E-state index in [0.29, 0.717) is 11.1 Å². The van der Waals surface area contributed by atoms with Gasteiger partial charge in [0.05, 0.1) is 5.69 Å².